The van der Waals surface area contributed by atoms with Crippen LogP contribution in [0.1, 0.15) is 32.9 Å². The number of aromatic nitrogens is 2. The molecular weight excluding hydrogens is 326 g/mol. The van der Waals surface area contributed by atoms with Gasteiger partial charge >= 0.3 is 6.01 Å². The summed E-state index contributed by atoms with van der Waals surface area (Å²) in [6.07, 6.45) is 0. The minimum Gasteiger partial charge on any atom is -0.424 e. The lowest BCUT2D eigenvalue weighted by Gasteiger charge is -2.13. The summed E-state index contributed by atoms with van der Waals surface area (Å²) in [6, 6.07) is 15.4. The van der Waals surface area contributed by atoms with E-state index < -0.39 is 0 Å². The van der Waals surface area contributed by atoms with Gasteiger partial charge in [0.2, 0.25) is 0 Å². The molecule has 1 aromatic heterocycles. The number of rotatable bonds is 4. The largest absolute Gasteiger partial charge is 0.424 e. The predicted molar refractivity (Wildman–Crippen MR) is 102 cm³/mol. The second-order valence-corrected chi connectivity index (χ2v) is 6.30. The van der Waals surface area contributed by atoms with Crippen molar-refractivity contribution >= 4 is 11.6 Å². The lowest BCUT2D eigenvalue weighted by molar-refractivity contribution is 0.102. The average Bonchev–Trinajstić information content (AvgIpc) is 2.58. The standard InChI is InChI=1S/C21H21N3O2/c1-13-10-14(2)12-17(11-13)20(25)24-19-15(3)22-21(23-16(19)4)26-18-8-6-5-7-9-18/h5-12H,1-4H3,(H,24,25). The maximum absolute atomic E-state index is 12.6. The van der Waals surface area contributed by atoms with Crippen molar-refractivity contribution < 1.29 is 9.53 Å². The van der Waals surface area contributed by atoms with Crippen LogP contribution in [0.15, 0.2) is 48.5 Å². The van der Waals surface area contributed by atoms with E-state index in [9.17, 15) is 4.79 Å². The number of aryl methyl sites for hydroxylation is 4. The fourth-order valence-electron chi connectivity index (χ4n) is 2.80. The maximum Gasteiger partial charge on any atom is 0.322 e. The summed E-state index contributed by atoms with van der Waals surface area (Å²) in [5.74, 6) is 0.488. The van der Waals surface area contributed by atoms with Crippen molar-refractivity contribution in [2.75, 3.05) is 5.32 Å². The number of nitrogens with zero attached hydrogens (tertiary/aromatic N) is 2. The van der Waals surface area contributed by atoms with E-state index in [1.54, 1.807) is 0 Å². The molecule has 0 unspecified atom stereocenters. The highest BCUT2D eigenvalue weighted by Crippen LogP contribution is 2.24. The number of carbonyl (C=O) groups is 1. The second-order valence-electron chi connectivity index (χ2n) is 6.30. The van der Waals surface area contributed by atoms with Gasteiger partial charge in [0.25, 0.3) is 5.91 Å². The topological polar surface area (TPSA) is 64.1 Å². The minimum absolute atomic E-state index is 0.177. The SMILES string of the molecule is Cc1cc(C)cc(C(=O)Nc2c(C)nc(Oc3ccccc3)nc2C)c1. The van der Waals surface area contributed by atoms with Gasteiger partial charge in [-0.05, 0) is 52.0 Å². The van der Waals surface area contributed by atoms with Crippen LogP contribution in [-0.2, 0) is 0 Å². The molecule has 0 atom stereocenters. The minimum atomic E-state index is -0.177. The van der Waals surface area contributed by atoms with Gasteiger partial charge in [0.05, 0.1) is 17.1 Å². The molecule has 5 heteroatoms. The fourth-order valence-corrected chi connectivity index (χ4v) is 2.80. The summed E-state index contributed by atoms with van der Waals surface area (Å²) < 4.78 is 5.68. The van der Waals surface area contributed by atoms with Crippen molar-refractivity contribution in [2.24, 2.45) is 0 Å². The number of hydrogen-bond donors (Lipinski definition) is 1. The Kier molecular flexibility index (Phi) is 4.98. The molecule has 0 fully saturated rings. The molecule has 0 saturated carbocycles. The van der Waals surface area contributed by atoms with Crippen LogP contribution < -0.4 is 10.1 Å². The molecule has 2 aromatic carbocycles. The first-order valence-electron chi connectivity index (χ1n) is 8.40. The molecule has 0 aliphatic carbocycles. The fraction of sp³-hybridized carbons (Fsp3) is 0.190. The third-order valence-electron chi connectivity index (χ3n) is 3.93. The Morgan fingerprint density at radius 2 is 1.46 bits per heavy atom. The van der Waals surface area contributed by atoms with Crippen molar-refractivity contribution in [1.82, 2.24) is 9.97 Å². The summed E-state index contributed by atoms with van der Waals surface area (Å²) in [5.41, 5.74) is 4.63. The van der Waals surface area contributed by atoms with E-state index in [0.717, 1.165) is 11.1 Å². The molecule has 0 radical (unpaired) electrons. The van der Waals surface area contributed by atoms with Crippen LogP contribution in [0.4, 0.5) is 5.69 Å². The number of anilines is 1. The maximum atomic E-state index is 12.6. The van der Waals surface area contributed by atoms with Gasteiger partial charge in [-0.25, -0.2) is 0 Å². The molecule has 0 bridgehead atoms. The van der Waals surface area contributed by atoms with Gasteiger partial charge in [-0.1, -0.05) is 35.4 Å². The average molecular weight is 347 g/mol. The Labute approximate surface area is 153 Å². The van der Waals surface area contributed by atoms with Crippen LogP contribution in [0.2, 0.25) is 0 Å². The first-order valence-corrected chi connectivity index (χ1v) is 8.40. The molecule has 0 aliphatic heterocycles. The number of nitrogens with one attached hydrogen (secondary N) is 1. The number of ether oxygens (including phenoxy) is 1. The van der Waals surface area contributed by atoms with Crippen LogP contribution in [0, 0.1) is 27.7 Å². The van der Waals surface area contributed by atoms with E-state index in [-0.39, 0.29) is 11.9 Å². The summed E-state index contributed by atoms with van der Waals surface area (Å²) in [6.45, 7) is 7.59. The van der Waals surface area contributed by atoms with E-state index in [2.05, 4.69) is 15.3 Å². The molecule has 3 aromatic rings. The highest BCUT2D eigenvalue weighted by Gasteiger charge is 2.14. The molecule has 1 amide bonds. The molecule has 3 rings (SSSR count). The van der Waals surface area contributed by atoms with Crippen molar-refractivity contribution in [2.45, 2.75) is 27.7 Å². The first kappa shape index (κ1) is 17.6. The van der Waals surface area contributed by atoms with E-state index in [0.29, 0.717) is 28.4 Å². The second kappa shape index (κ2) is 7.35. The summed E-state index contributed by atoms with van der Waals surface area (Å²) >= 11 is 0. The van der Waals surface area contributed by atoms with Gasteiger partial charge in [0.1, 0.15) is 5.75 Å². The number of amides is 1. The number of carbonyl (C=O) groups excluding carboxylic acids is 1. The zero-order chi connectivity index (χ0) is 18.7. The van der Waals surface area contributed by atoms with E-state index >= 15 is 0 Å². The van der Waals surface area contributed by atoms with Crippen molar-refractivity contribution in [3.8, 4) is 11.8 Å². The molecule has 1 heterocycles. The quantitative estimate of drug-likeness (QED) is 0.739. The molecule has 0 spiro atoms. The molecule has 1 N–H and O–H groups in total. The van der Waals surface area contributed by atoms with Crippen molar-refractivity contribution in [3.63, 3.8) is 0 Å². The lowest BCUT2D eigenvalue weighted by Crippen LogP contribution is -2.15. The van der Waals surface area contributed by atoms with Gasteiger partial charge in [-0.3, -0.25) is 4.79 Å². The van der Waals surface area contributed by atoms with Gasteiger partial charge in [0.15, 0.2) is 0 Å². The Morgan fingerprint density at radius 1 is 0.885 bits per heavy atom. The van der Waals surface area contributed by atoms with Crippen LogP contribution in [-0.4, -0.2) is 15.9 Å². The zero-order valence-electron chi connectivity index (χ0n) is 15.3. The molecule has 26 heavy (non-hydrogen) atoms. The molecule has 5 nitrogen and oxygen atoms in total. The number of benzene rings is 2. The summed E-state index contributed by atoms with van der Waals surface area (Å²) in [4.78, 5) is 21.3. The number of para-hydroxylation sites is 1. The van der Waals surface area contributed by atoms with E-state index in [4.69, 9.17) is 4.74 Å². The van der Waals surface area contributed by atoms with Gasteiger partial charge < -0.3 is 10.1 Å². The highest BCUT2D eigenvalue weighted by atomic mass is 16.5. The highest BCUT2D eigenvalue weighted by molar-refractivity contribution is 6.05. The molecule has 0 saturated heterocycles. The van der Waals surface area contributed by atoms with E-state index in [1.165, 1.54) is 0 Å². The molecular formula is C21H21N3O2. The monoisotopic (exact) mass is 347 g/mol. The zero-order valence-corrected chi connectivity index (χ0v) is 15.3. The molecule has 132 valence electrons. The van der Waals surface area contributed by atoms with Crippen LogP contribution in [0.25, 0.3) is 0 Å². The Hall–Kier alpha value is -3.21. The van der Waals surface area contributed by atoms with Crippen LogP contribution in [0.3, 0.4) is 0 Å². The Morgan fingerprint density at radius 3 is 2.04 bits per heavy atom. The van der Waals surface area contributed by atoms with E-state index in [1.807, 2.05) is 76.2 Å². The van der Waals surface area contributed by atoms with Gasteiger partial charge in [-0.15, -0.1) is 0 Å². The Bertz CT molecular complexity index is 909. The summed E-state index contributed by atoms with van der Waals surface area (Å²) in [7, 11) is 0. The summed E-state index contributed by atoms with van der Waals surface area (Å²) in [5, 5.41) is 2.92. The van der Waals surface area contributed by atoms with Crippen LogP contribution in [0.5, 0.6) is 11.8 Å². The third-order valence-corrected chi connectivity index (χ3v) is 3.93. The Balaban J connectivity index is 1.83. The lowest BCUT2D eigenvalue weighted by atomic mass is 10.1. The van der Waals surface area contributed by atoms with Crippen LogP contribution >= 0.6 is 0 Å². The normalized spacial score (nSPS) is 10.5. The van der Waals surface area contributed by atoms with Gasteiger partial charge in [0, 0.05) is 5.56 Å². The smallest absolute Gasteiger partial charge is 0.322 e. The van der Waals surface area contributed by atoms with Crippen molar-refractivity contribution in [3.05, 3.63) is 76.6 Å². The third kappa shape index (κ3) is 4.06. The van der Waals surface area contributed by atoms with Crippen molar-refractivity contribution in [1.29, 1.82) is 0 Å². The van der Waals surface area contributed by atoms with Gasteiger partial charge in [-0.2, -0.15) is 9.97 Å². The predicted octanol–water partition coefficient (Wildman–Crippen LogP) is 4.75. The first-order chi connectivity index (χ1) is 12.4. The molecule has 0 aliphatic rings. The number of hydrogen-bond acceptors (Lipinski definition) is 4.